The maximum atomic E-state index is 13.1. The molecule has 0 amide bonds. The Morgan fingerprint density at radius 2 is 2.05 bits per heavy atom. The predicted octanol–water partition coefficient (Wildman–Crippen LogP) is 2.29. The van der Waals surface area contributed by atoms with Gasteiger partial charge in [-0.3, -0.25) is 9.79 Å². The number of rotatable bonds is 0. The van der Waals surface area contributed by atoms with Crippen LogP contribution in [0.2, 0.25) is 0 Å². The molecule has 0 unspecified atom stereocenters. The Kier molecular flexibility index (Phi) is 3.04. The molecule has 122 valence electrons. The maximum absolute atomic E-state index is 13.1. The van der Waals surface area contributed by atoms with Crippen molar-refractivity contribution >= 4 is 11.6 Å². The van der Waals surface area contributed by atoms with E-state index in [1.807, 2.05) is 0 Å². The van der Waals surface area contributed by atoms with Gasteiger partial charge in [0.15, 0.2) is 0 Å². The number of nitrogens with two attached hydrogens (primary N) is 1. The van der Waals surface area contributed by atoms with E-state index in [2.05, 4.69) is 18.8 Å². The number of aliphatic hydroxyl groups is 1. The summed E-state index contributed by atoms with van der Waals surface area (Å²) in [4.78, 5) is 17.7. The third-order valence-electron chi connectivity index (χ3n) is 7.52. The minimum absolute atomic E-state index is 0.0813. The van der Waals surface area contributed by atoms with Gasteiger partial charge in [-0.15, -0.1) is 0 Å². The van der Waals surface area contributed by atoms with Gasteiger partial charge in [0.05, 0.1) is 17.5 Å². The Hall–Kier alpha value is -0.900. The number of aliphatic hydroxyl groups excluding tert-OH is 1. The molecule has 1 heterocycles. The molecule has 7 atom stereocenters. The van der Waals surface area contributed by atoms with Crippen LogP contribution >= 0.6 is 0 Å². The van der Waals surface area contributed by atoms with Gasteiger partial charge in [0.25, 0.3) is 0 Å². The third kappa shape index (κ3) is 1.85. The van der Waals surface area contributed by atoms with Gasteiger partial charge in [-0.1, -0.05) is 6.92 Å². The molecule has 4 rings (SSSR count). The van der Waals surface area contributed by atoms with Gasteiger partial charge >= 0.3 is 0 Å². The number of aliphatic imine (C=N–C) groups is 1. The molecule has 3 fully saturated rings. The van der Waals surface area contributed by atoms with Gasteiger partial charge in [-0.25, -0.2) is 0 Å². The van der Waals surface area contributed by atoms with E-state index in [9.17, 15) is 9.90 Å². The Balaban J connectivity index is 1.69. The highest BCUT2D eigenvalue weighted by molar-refractivity contribution is 5.89. The van der Waals surface area contributed by atoms with Gasteiger partial charge in [0, 0.05) is 18.8 Å². The summed E-state index contributed by atoms with van der Waals surface area (Å²) in [6, 6.07) is 0. The first-order chi connectivity index (χ1) is 10.3. The van der Waals surface area contributed by atoms with E-state index in [-0.39, 0.29) is 23.0 Å². The number of fused-ring (bicyclic) bond motifs is 5. The fourth-order valence-electron chi connectivity index (χ4n) is 6.49. The number of carbonyl (C=O) groups is 1. The molecular weight excluding hydrogens is 276 g/mol. The standard InChI is InChI=1S/C18H28N2O2/c1-17-6-5-11(21)7-10(17)3-4-12-13-8-15(19)20-18(13,2)9-14(22)16(12)17/h10-13,16,21H,3-9H2,1-2H3,(H2,19,20)/t10-,11+,12-,13-,16+,17-,18-/m0/s1. The third-order valence-corrected chi connectivity index (χ3v) is 7.52. The zero-order valence-electron chi connectivity index (χ0n) is 13.7. The zero-order chi connectivity index (χ0) is 15.7. The molecule has 0 aromatic carbocycles. The summed E-state index contributed by atoms with van der Waals surface area (Å²) in [7, 11) is 0. The normalized spacial score (nSPS) is 54.2. The first kappa shape index (κ1) is 14.7. The van der Waals surface area contributed by atoms with Crippen molar-refractivity contribution in [2.24, 2.45) is 39.8 Å². The van der Waals surface area contributed by atoms with Crippen LogP contribution in [-0.4, -0.2) is 28.4 Å². The van der Waals surface area contributed by atoms with Crippen molar-refractivity contribution < 1.29 is 9.90 Å². The van der Waals surface area contributed by atoms with Crippen LogP contribution in [0.25, 0.3) is 0 Å². The smallest absolute Gasteiger partial charge is 0.139 e. The van der Waals surface area contributed by atoms with E-state index in [0.29, 0.717) is 30.0 Å². The number of nitrogens with zero attached hydrogens (tertiary/aromatic N) is 1. The molecule has 3 aliphatic carbocycles. The average Bonchev–Trinajstić information content (AvgIpc) is 2.73. The molecule has 4 nitrogen and oxygen atoms in total. The lowest BCUT2D eigenvalue weighted by atomic mass is 9.45. The minimum atomic E-state index is -0.250. The van der Waals surface area contributed by atoms with Crippen molar-refractivity contribution in [1.29, 1.82) is 0 Å². The monoisotopic (exact) mass is 304 g/mol. The first-order valence-electron chi connectivity index (χ1n) is 8.88. The number of ketones is 1. The second-order valence-electron chi connectivity index (χ2n) is 8.76. The van der Waals surface area contributed by atoms with Gasteiger partial charge in [-0.05, 0) is 62.2 Å². The molecule has 0 aromatic rings. The van der Waals surface area contributed by atoms with E-state index in [1.165, 1.54) is 0 Å². The van der Waals surface area contributed by atoms with E-state index in [4.69, 9.17) is 5.73 Å². The number of carbonyl (C=O) groups excluding carboxylic acids is 1. The van der Waals surface area contributed by atoms with Crippen molar-refractivity contribution in [3.05, 3.63) is 0 Å². The largest absolute Gasteiger partial charge is 0.393 e. The number of hydrogen-bond acceptors (Lipinski definition) is 4. The zero-order valence-corrected chi connectivity index (χ0v) is 13.7. The second kappa shape index (κ2) is 4.56. The summed E-state index contributed by atoms with van der Waals surface area (Å²) < 4.78 is 0. The van der Waals surface area contributed by atoms with Gasteiger partial charge in [0.1, 0.15) is 5.78 Å². The molecular formula is C18H28N2O2. The quantitative estimate of drug-likeness (QED) is 0.721. The Labute approximate surface area is 132 Å². The molecule has 4 heteroatoms. The van der Waals surface area contributed by atoms with Crippen molar-refractivity contribution in [3.63, 3.8) is 0 Å². The number of Topliss-reactive ketones (excluding diaryl/α,β-unsaturated/α-hetero) is 1. The summed E-state index contributed by atoms with van der Waals surface area (Å²) in [5.41, 5.74) is 5.87. The van der Waals surface area contributed by atoms with Gasteiger partial charge < -0.3 is 10.8 Å². The van der Waals surface area contributed by atoms with Crippen LogP contribution in [0.4, 0.5) is 0 Å². The predicted molar refractivity (Wildman–Crippen MR) is 85.4 cm³/mol. The molecule has 22 heavy (non-hydrogen) atoms. The summed E-state index contributed by atoms with van der Waals surface area (Å²) in [6.45, 7) is 4.45. The van der Waals surface area contributed by atoms with Crippen LogP contribution in [-0.2, 0) is 4.79 Å². The molecule has 0 radical (unpaired) electrons. The lowest BCUT2D eigenvalue weighted by molar-refractivity contribution is -0.154. The number of hydrogen-bond donors (Lipinski definition) is 2. The Bertz CT molecular complexity index is 545. The van der Waals surface area contributed by atoms with Crippen molar-refractivity contribution in [3.8, 4) is 0 Å². The van der Waals surface area contributed by atoms with Crippen LogP contribution < -0.4 is 5.73 Å². The molecule has 3 saturated carbocycles. The van der Waals surface area contributed by atoms with E-state index in [1.54, 1.807) is 0 Å². The van der Waals surface area contributed by atoms with Crippen LogP contribution in [0.5, 0.6) is 0 Å². The summed E-state index contributed by atoms with van der Waals surface area (Å²) in [5.74, 6) is 2.70. The van der Waals surface area contributed by atoms with E-state index in [0.717, 1.165) is 44.4 Å². The van der Waals surface area contributed by atoms with Crippen molar-refractivity contribution in [1.82, 2.24) is 0 Å². The first-order valence-corrected chi connectivity index (χ1v) is 8.88. The lowest BCUT2D eigenvalue weighted by Gasteiger charge is -2.58. The molecule has 1 aliphatic heterocycles. The lowest BCUT2D eigenvalue weighted by Crippen LogP contribution is -2.58. The molecule has 0 saturated heterocycles. The molecule has 3 N–H and O–H groups in total. The molecule has 0 bridgehead atoms. The second-order valence-corrected chi connectivity index (χ2v) is 8.76. The topological polar surface area (TPSA) is 75.7 Å². The Morgan fingerprint density at radius 1 is 1.27 bits per heavy atom. The van der Waals surface area contributed by atoms with Crippen molar-refractivity contribution in [2.75, 3.05) is 0 Å². The van der Waals surface area contributed by atoms with E-state index < -0.39 is 0 Å². The van der Waals surface area contributed by atoms with E-state index >= 15 is 0 Å². The van der Waals surface area contributed by atoms with Crippen LogP contribution in [0.3, 0.4) is 0 Å². The van der Waals surface area contributed by atoms with Crippen molar-refractivity contribution in [2.45, 2.75) is 70.4 Å². The summed E-state index contributed by atoms with van der Waals surface area (Å²) >= 11 is 0. The molecule has 0 aromatic heterocycles. The van der Waals surface area contributed by atoms with Gasteiger partial charge in [-0.2, -0.15) is 0 Å². The van der Waals surface area contributed by atoms with Crippen LogP contribution in [0.1, 0.15) is 58.8 Å². The minimum Gasteiger partial charge on any atom is -0.393 e. The highest BCUT2D eigenvalue weighted by Crippen LogP contribution is 2.62. The SMILES string of the molecule is C[C@]12CC[C@@H](O)C[C@@H]1CC[C@@H]1[C@@H]2C(=O)C[C@]2(C)N=C(N)C[C@@H]12. The Morgan fingerprint density at radius 3 is 2.82 bits per heavy atom. The average molecular weight is 304 g/mol. The van der Waals surface area contributed by atoms with Crippen LogP contribution in [0.15, 0.2) is 4.99 Å². The summed E-state index contributed by atoms with van der Waals surface area (Å²) in [6.07, 6.45) is 6.24. The highest BCUT2D eigenvalue weighted by atomic mass is 16.3. The molecule has 4 aliphatic rings. The van der Waals surface area contributed by atoms with Crippen LogP contribution in [0, 0.1) is 29.1 Å². The van der Waals surface area contributed by atoms with Gasteiger partial charge in [0.2, 0.25) is 0 Å². The number of amidine groups is 1. The summed E-state index contributed by atoms with van der Waals surface area (Å²) in [5, 5.41) is 10.0. The fraction of sp³-hybridized carbons (Fsp3) is 0.889. The maximum Gasteiger partial charge on any atom is 0.139 e. The highest BCUT2D eigenvalue weighted by Gasteiger charge is 2.61. The fourth-order valence-corrected chi connectivity index (χ4v) is 6.49. The molecule has 0 spiro atoms.